The molecule has 2 heterocycles. The molecule has 0 saturated heterocycles. The van der Waals surface area contributed by atoms with E-state index in [4.69, 9.17) is 4.42 Å². The van der Waals surface area contributed by atoms with Crippen molar-refractivity contribution in [3.8, 4) is 0 Å². The molecule has 2 aromatic rings. The zero-order valence-electron chi connectivity index (χ0n) is 14.5. The van der Waals surface area contributed by atoms with Crippen molar-refractivity contribution in [2.75, 3.05) is 25.0 Å². The number of nitrogens with zero attached hydrogens (tertiary/aromatic N) is 2. The Kier molecular flexibility index (Phi) is 4.03. The molecule has 3 rings (SSSR count). The second-order valence-electron chi connectivity index (χ2n) is 7.09. The quantitative estimate of drug-likeness (QED) is 0.643. The smallest absolute Gasteiger partial charge is 0.345 e. The van der Waals surface area contributed by atoms with Crippen LogP contribution in [0.2, 0.25) is 0 Å². The molecule has 0 unspecified atom stereocenters. The lowest BCUT2D eigenvalue weighted by Crippen LogP contribution is -2.35. The average Bonchev–Trinajstić information content (AvgIpc) is 2.50. The van der Waals surface area contributed by atoms with E-state index in [0.29, 0.717) is 11.1 Å². The SMILES string of the molecule is CC(=O)CN=Cc1cc2ccc3c(c2oc1=O)C(C)(C)CCN3C. The summed E-state index contributed by atoms with van der Waals surface area (Å²) < 4.78 is 5.67. The van der Waals surface area contributed by atoms with Gasteiger partial charge in [-0.05, 0) is 37.0 Å². The fraction of sp³-hybridized carbons (Fsp3) is 0.421. The second-order valence-corrected chi connectivity index (χ2v) is 7.09. The van der Waals surface area contributed by atoms with E-state index in [-0.39, 0.29) is 17.7 Å². The summed E-state index contributed by atoms with van der Waals surface area (Å²) in [5.41, 5.74) is 2.73. The van der Waals surface area contributed by atoms with Crippen molar-refractivity contribution in [1.29, 1.82) is 0 Å². The standard InChI is InChI=1S/C19H22N2O3/c1-12(22)10-20-11-14-9-13-5-6-15-16(17(13)24-18(14)23)19(2,3)7-8-21(15)4/h5-6,9,11H,7-8,10H2,1-4H3. The van der Waals surface area contributed by atoms with Crippen LogP contribution in [0.3, 0.4) is 0 Å². The lowest BCUT2D eigenvalue weighted by Gasteiger charge is -2.38. The van der Waals surface area contributed by atoms with Crippen molar-refractivity contribution in [2.24, 2.45) is 4.99 Å². The maximum Gasteiger partial charge on any atom is 0.345 e. The predicted octanol–water partition coefficient (Wildman–Crippen LogP) is 2.92. The number of aliphatic imine (C=N–C) groups is 1. The minimum absolute atomic E-state index is 0.0460. The molecule has 1 aliphatic heterocycles. The lowest BCUT2D eigenvalue weighted by atomic mass is 9.77. The first-order valence-corrected chi connectivity index (χ1v) is 8.11. The number of ketones is 1. The Morgan fingerprint density at radius 2 is 2.17 bits per heavy atom. The van der Waals surface area contributed by atoms with Crippen molar-refractivity contribution in [2.45, 2.75) is 32.6 Å². The van der Waals surface area contributed by atoms with E-state index >= 15 is 0 Å². The van der Waals surface area contributed by atoms with Crippen LogP contribution in [0.5, 0.6) is 0 Å². The second kappa shape index (κ2) is 5.89. The summed E-state index contributed by atoms with van der Waals surface area (Å²) >= 11 is 0. The number of carbonyl (C=O) groups is 1. The predicted molar refractivity (Wildman–Crippen MR) is 96.5 cm³/mol. The van der Waals surface area contributed by atoms with Crippen LogP contribution in [0.25, 0.3) is 11.0 Å². The largest absolute Gasteiger partial charge is 0.422 e. The highest BCUT2D eigenvalue weighted by Crippen LogP contribution is 2.42. The van der Waals surface area contributed by atoms with E-state index in [1.807, 2.05) is 6.07 Å². The van der Waals surface area contributed by atoms with E-state index in [1.54, 1.807) is 6.07 Å². The normalized spacial score (nSPS) is 16.6. The van der Waals surface area contributed by atoms with Crippen LogP contribution in [-0.2, 0) is 10.2 Å². The number of hydrogen-bond donors (Lipinski definition) is 0. The summed E-state index contributed by atoms with van der Waals surface area (Å²) in [4.78, 5) is 29.5. The molecule has 5 nitrogen and oxygen atoms in total. The number of fused-ring (bicyclic) bond motifs is 3. The fourth-order valence-corrected chi connectivity index (χ4v) is 3.22. The summed E-state index contributed by atoms with van der Waals surface area (Å²) in [5, 5.41) is 0.876. The Labute approximate surface area is 141 Å². The zero-order valence-corrected chi connectivity index (χ0v) is 14.5. The molecular formula is C19H22N2O3. The van der Waals surface area contributed by atoms with Crippen molar-refractivity contribution in [1.82, 2.24) is 0 Å². The minimum atomic E-state index is -0.424. The van der Waals surface area contributed by atoms with Crippen LogP contribution < -0.4 is 10.5 Å². The van der Waals surface area contributed by atoms with Crippen LogP contribution in [-0.4, -0.2) is 32.1 Å². The molecule has 24 heavy (non-hydrogen) atoms. The number of hydrogen-bond acceptors (Lipinski definition) is 5. The first-order chi connectivity index (χ1) is 11.3. The van der Waals surface area contributed by atoms with Gasteiger partial charge in [-0.15, -0.1) is 0 Å². The molecule has 0 N–H and O–H groups in total. The van der Waals surface area contributed by atoms with Crippen LogP contribution in [0, 0.1) is 0 Å². The Balaban J connectivity index is 2.17. The van der Waals surface area contributed by atoms with E-state index in [1.165, 1.54) is 13.1 Å². The Bertz CT molecular complexity index is 893. The van der Waals surface area contributed by atoms with Gasteiger partial charge in [0, 0.05) is 36.4 Å². The fourth-order valence-electron chi connectivity index (χ4n) is 3.22. The summed E-state index contributed by atoms with van der Waals surface area (Å²) in [6, 6.07) is 5.84. The maximum absolute atomic E-state index is 12.3. The first kappa shape index (κ1) is 16.4. The van der Waals surface area contributed by atoms with Gasteiger partial charge in [0.25, 0.3) is 0 Å². The van der Waals surface area contributed by atoms with Gasteiger partial charge in [-0.3, -0.25) is 9.79 Å². The number of benzene rings is 1. The first-order valence-electron chi connectivity index (χ1n) is 8.11. The van der Waals surface area contributed by atoms with Gasteiger partial charge in [0.15, 0.2) is 5.78 Å². The van der Waals surface area contributed by atoms with Gasteiger partial charge in [-0.1, -0.05) is 13.8 Å². The van der Waals surface area contributed by atoms with Gasteiger partial charge < -0.3 is 9.32 Å². The summed E-state index contributed by atoms with van der Waals surface area (Å²) in [5.74, 6) is -0.0460. The summed E-state index contributed by atoms with van der Waals surface area (Å²) in [6.07, 6.45) is 2.42. The molecular weight excluding hydrogens is 304 g/mol. The molecule has 0 bridgehead atoms. The number of Topliss-reactive ketones (excluding diaryl/α,β-unsaturated/α-hetero) is 1. The van der Waals surface area contributed by atoms with E-state index < -0.39 is 5.63 Å². The van der Waals surface area contributed by atoms with Crippen LogP contribution >= 0.6 is 0 Å². The van der Waals surface area contributed by atoms with Crippen molar-refractivity contribution < 1.29 is 9.21 Å². The number of rotatable bonds is 3. The number of carbonyl (C=O) groups excluding carboxylic acids is 1. The van der Waals surface area contributed by atoms with Gasteiger partial charge in [0.1, 0.15) is 5.58 Å². The Hall–Kier alpha value is -2.43. The molecule has 1 aromatic heterocycles. The zero-order chi connectivity index (χ0) is 17.5. The molecule has 0 radical (unpaired) electrons. The topological polar surface area (TPSA) is 62.9 Å². The van der Waals surface area contributed by atoms with Gasteiger partial charge in [0.2, 0.25) is 0 Å². The van der Waals surface area contributed by atoms with Crippen LogP contribution in [0.1, 0.15) is 38.3 Å². The van der Waals surface area contributed by atoms with E-state index in [9.17, 15) is 9.59 Å². The third-order valence-electron chi connectivity index (χ3n) is 4.61. The van der Waals surface area contributed by atoms with Gasteiger partial charge in [0.05, 0.1) is 12.1 Å². The third kappa shape index (κ3) is 2.86. The van der Waals surface area contributed by atoms with Gasteiger partial charge in [-0.25, -0.2) is 4.79 Å². The molecule has 1 aliphatic rings. The minimum Gasteiger partial charge on any atom is -0.422 e. The Morgan fingerprint density at radius 3 is 2.88 bits per heavy atom. The Morgan fingerprint density at radius 1 is 1.42 bits per heavy atom. The third-order valence-corrected chi connectivity index (χ3v) is 4.61. The van der Waals surface area contributed by atoms with E-state index in [0.717, 1.165) is 29.6 Å². The molecule has 0 fully saturated rings. The van der Waals surface area contributed by atoms with Gasteiger partial charge >= 0.3 is 5.63 Å². The summed E-state index contributed by atoms with van der Waals surface area (Å²) in [7, 11) is 2.06. The monoisotopic (exact) mass is 326 g/mol. The summed E-state index contributed by atoms with van der Waals surface area (Å²) in [6.45, 7) is 6.87. The number of anilines is 1. The molecule has 1 aromatic carbocycles. The highest BCUT2D eigenvalue weighted by molar-refractivity contribution is 5.92. The molecule has 0 atom stereocenters. The van der Waals surface area contributed by atoms with Crippen molar-refractivity contribution in [3.63, 3.8) is 0 Å². The molecule has 0 spiro atoms. The van der Waals surface area contributed by atoms with Crippen LogP contribution in [0.4, 0.5) is 5.69 Å². The molecule has 126 valence electrons. The molecule has 5 heteroatoms. The highest BCUT2D eigenvalue weighted by Gasteiger charge is 2.33. The average molecular weight is 326 g/mol. The molecule has 0 saturated carbocycles. The molecule has 0 amide bonds. The lowest BCUT2D eigenvalue weighted by molar-refractivity contribution is -0.115. The van der Waals surface area contributed by atoms with Crippen molar-refractivity contribution in [3.05, 3.63) is 39.7 Å². The van der Waals surface area contributed by atoms with E-state index in [2.05, 4.69) is 36.9 Å². The molecule has 0 aliphatic carbocycles. The maximum atomic E-state index is 12.3. The van der Waals surface area contributed by atoms with Crippen LogP contribution in [0.15, 0.2) is 32.4 Å². The van der Waals surface area contributed by atoms with Gasteiger partial charge in [-0.2, -0.15) is 0 Å². The highest BCUT2D eigenvalue weighted by atomic mass is 16.4. The van der Waals surface area contributed by atoms with Crippen molar-refractivity contribution >= 4 is 28.7 Å².